The summed E-state index contributed by atoms with van der Waals surface area (Å²) in [6.07, 6.45) is -0.570. The van der Waals surface area contributed by atoms with Crippen LogP contribution in [0.2, 0.25) is 0 Å². The van der Waals surface area contributed by atoms with E-state index in [2.05, 4.69) is 5.32 Å². The first kappa shape index (κ1) is 25.4. The molecule has 0 bridgehead atoms. The van der Waals surface area contributed by atoms with E-state index in [9.17, 15) is 14.4 Å². The number of ether oxygens (including phenoxy) is 1. The Morgan fingerprint density at radius 1 is 0.658 bits per heavy atom. The van der Waals surface area contributed by atoms with Gasteiger partial charge >= 0.3 is 6.09 Å². The third-order valence-electron chi connectivity index (χ3n) is 5.51. The lowest BCUT2D eigenvalue weighted by molar-refractivity contribution is -0.120. The van der Waals surface area contributed by atoms with Crippen LogP contribution < -0.4 is 10.2 Å². The highest BCUT2D eigenvalue weighted by atomic mass is 32.2. The lowest BCUT2D eigenvalue weighted by atomic mass is 10.2. The number of amides is 3. The predicted octanol–water partition coefficient (Wildman–Crippen LogP) is 7.10. The lowest BCUT2D eigenvalue weighted by Crippen LogP contribution is -2.31. The van der Waals surface area contributed by atoms with Gasteiger partial charge in [0, 0.05) is 15.5 Å². The van der Waals surface area contributed by atoms with Gasteiger partial charge in [-0.15, -0.1) is 0 Å². The summed E-state index contributed by atoms with van der Waals surface area (Å²) < 4.78 is 5.29. The van der Waals surface area contributed by atoms with Crippen LogP contribution in [0.3, 0.4) is 0 Å². The van der Waals surface area contributed by atoms with E-state index in [1.54, 1.807) is 36.4 Å². The molecule has 1 N–H and O–H groups in total. The lowest BCUT2D eigenvalue weighted by Gasteiger charge is -2.16. The van der Waals surface area contributed by atoms with Crippen molar-refractivity contribution < 1.29 is 19.1 Å². The number of carbonyl (C=O) groups is 3. The molecule has 0 fully saturated rings. The van der Waals surface area contributed by atoms with E-state index in [-0.39, 0.29) is 18.4 Å². The number of anilines is 2. The third-order valence-corrected chi connectivity index (χ3v) is 7.82. The molecule has 0 saturated heterocycles. The number of hydrogen-bond acceptors (Lipinski definition) is 6. The summed E-state index contributed by atoms with van der Waals surface area (Å²) in [5, 5.41) is 2.66. The molecule has 8 heteroatoms. The summed E-state index contributed by atoms with van der Waals surface area (Å²) in [4.78, 5) is 42.9. The van der Waals surface area contributed by atoms with Crippen LogP contribution in [0, 0.1) is 0 Å². The minimum Gasteiger partial charge on any atom is -0.444 e. The van der Waals surface area contributed by atoms with Gasteiger partial charge in [-0.05, 0) is 54.1 Å². The van der Waals surface area contributed by atoms with Gasteiger partial charge in [0.25, 0.3) is 11.8 Å². The van der Waals surface area contributed by atoms with E-state index in [4.69, 9.17) is 4.74 Å². The number of thioether (sulfide) groups is 2. The molecule has 38 heavy (non-hydrogen) atoms. The van der Waals surface area contributed by atoms with Crippen molar-refractivity contribution in [2.45, 2.75) is 16.4 Å². The highest BCUT2D eigenvalue weighted by Crippen LogP contribution is 2.43. The van der Waals surface area contributed by atoms with Gasteiger partial charge in [-0.25, -0.2) is 9.69 Å². The number of nitrogens with zero attached hydrogens (tertiary/aromatic N) is 1. The second-order valence-electron chi connectivity index (χ2n) is 8.17. The van der Waals surface area contributed by atoms with Crippen molar-refractivity contribution in [3.63, 3.8) is 0 Å². The van der Waals surface area contributed by atoms with E-state index in [1.165, 1.54) is 28.4 Å². The average molecular weight is 539 g/mol. The fraction of sp³-hybridized carbons (Fsp3) is 0.0333. The first-order chi connectivity index (χ1) is 18.6. The standard InChI is InChI=1S/C30H22N2O4S2/c33-28-26(37-24-12-6-2-7-13-24)27(38-25-14-8-3-9-15-25)29(34)32(28)23-18-16-21(17-19-23)20-36-30(35)31-22-10-4-1-5-11-22/h1-19H,20H2,(H,31,35). The Balaban J connectivity index is 1.31. The fourth-order valence-corrected chi connectivity index (χ4v) is 5.71. The molecular weight excluding hydrogens is 516 g/mol. The van der Waals surface area contributed by atoms with Gasteiger partial charge in [-0.3, -0.25) is 14.9 Å². The van der Waals surface area contributed by atoms with Crippen molar-refractivity contribution in [1.29, 1.82) is 0 Å². The third kappa shape index (κ3) is 5.99. The van der Waals surface area contributed by atoms with E-state index in [1.807, 2.05) is 78.9 Å². The maximum atomic E-state index is 13.5. The van der Waals surface area contributed by atoms with Crippen LogP contribution in [0.4, 0.5) is 16.2 Å². The second kappa shape index (κ2) is 11.9. The highest BCUT2D eigenvalue weighted by Gasteiger charge is 2.40. The van der Waals surface area contributed by atoms with Gasteiger partial charge in [-0.2, -0.15) is 0 Å². The van der Waals surface area contributed by atoms with Gasteiger partial charge < -0.3 is 4.74 Å². The van der Waals surface area contributed by atoms with Gasteiger partial charge in [0.05, 0.1) is 15.5 Å². The van der Waals surface area contributed by atoms with Crippen molar-refractivity contribution in [2.24, 2.45) is 0 Å². The van der Waals surface area contributed by atoms with Crippen molar-refractivity contribution in [1.82, 2.24) is 0 Å². The van der Waals surface area contributed by atoms with Gasteiger partial charge in [0.1, 0.15) is 6.61 Å². The van der Waals surface area contributed by atoms with E-state index in [0.717, 1.165) is 15.4 Å². The molecule has 1 aliphatic rings. The number of imide groups is 1. The molecule has 0 aliphatic carbocycles. The number of hydrogen-bond donors (Lipinski definition) is 1. The normalized spacial score (nSPS) is 13.1. The molecule has 0 spiro atoms. The summed E-state index contributed by atoms with van der Waals surface area (Å²) in [6, 6.07) is 34.9. The Morgan fingerprint density at radius 3 is 1.63 bits per heavy atom. The first-order valence-electron chi connectivity index (χ1n) is 11.7. The van der Waals surface area contributed by atoms with Crippen LogP contribution in [-0.4, -0.2) is 17.9 Å². The summed E-state index contributed by atoms with van der Waals surface area (Å²) >= 11 is 2.57. The maximum absolute atomic E-state index is 13.5. The number of benzene rings is 4. The topological polar surface area (TPSA) is 75.7 Å². The molecule has 3 amide bonds. The molecule has 0 radical (unpaired) electrons. The smallest absolute Gasteiger partial charge is 0.411 e. The van der Waals surface area contributed by atoms with Gasteiger partial charge in [0.2, 0.25) is 0 Å². The maximum Gasteiger partial charge on any atom is 0.411 e. The SMILES string of the molecule is O=C(Nc1ccccc1)OCc1ccc(N2C(=O)C(Sc3ccccc3)=C(Sc3ccccc3)C2=O)cc1. The molecule has 6 nitrogen and oxygen atoms in total. The van der Waals surface area contributed by atoms with Crippen molar-refractivity contribution in [3.8, 4) is 0 Å². The van der Waals surface area contributed by atoms with Crippen LogP contribution in [0.25, 0.3) is 0 Å². The van der Waals surface area contributed by atoms with Crippen LogP contribution in [-0.2, 0) is 20.9 Å². The quantitative estimate of drug-likeness (QED) is 0.241. The Hall–Kier alpha value is -4.27. The van der Waals surface area contributed by atoms with Crippen LogP contribution in [0.5, 0.6) is 0 Å². The Bertz CT molecular complexity index is 1410. The largest absolute Gasteiger partial charge is 0.444 e. The molecule has 0 unspecified atom stereocenters. The molecule has 4 aromatic rings. The average Bonchev–Trinajstić information content (AvgIpc) is 3.18. The fourth-order valence-electron chi connectivity index (χ4n) is 3.68. The van der Waals surface area contributed by atoms with E-state index >= 15 is 0 Å². The monoisotopic (exact) mass is 538 g/mol. The van der Waals surface area contributed by atoms with Crippen LogP contribution >= 0.6 is 23.5 Å². The Kier molecular flexibility index (Phi) is 7.92. The van der Waals surface area contributed by atoms with Crippen LogP contribution in [0.1, 0.15) is 5.56 Å². The minimum atomic E-state index is -0.570. The number of para-hydroxylation sites is 1. The predicted molar refractivity (Wildman–Crippen MR) is 151 cm³/mol. The van der Waals surface area contributed by atoms with E-state index < -0.39 is 6.09 Å². The van der Waals surface area contributed by atoms with Crippen molar-refractivity contribution in [2.75, 3.05) is 10.2 Å². The molecule has 0 saturated carbocycles. The van der Waals surface area contributed by atoms with Gasteiger partial charge in [-0.1, -0.05) is 90.3 Å². The molecule has 0 atom stereocenters. The molecular formula is C30H22N2O4S2. The summed E-state index contributed by atoms with van der Waals surface area (Å²) in [5.41, 5.74) is 1.81. The second-order valence-corrected chi connectivity index (χ2v) is 10.3. The molecule has 0 aromatic heterocycles. The van der Waals surface area contributed by atoms with Crippen molar-refractivity contribution >= 4 is 52.8 Å². The van der Waals surface area contributed by atoms with Gasteiger partial charge in [0.15, 0.2) is 0 Å². The highest BCUT2D eigenvalue weighted by molar-refractivity contribution is 8.08. The first-order valence-corrected chi connectivity index (χ1v) is 13.4. The molecule has 5 rings (SSSR count). The summed E-state index contributed by atoms with van der Waals surface area (Å²) in [7, 11) is 0. The van der Waals surface area contributed by atoms with Crippen molar-refractivity contribution in [3.05, 3.63) is 131 Å². The molecule has 1 heterocycles. The number of nitrogens with one attached hydrogen (secondary N) is 1. The zero-order valence-corrected chi connectivity index (χ0v) is 21.7. The summed E-state index contributed by atoms with van der Waals surface area (Å²) in [6.45, 7) is 0.0449. The zero-order chi connectivity index (χ0) is 26.3. The Morgan fingerprint density at radius 2 is 1.13 bits per heavy atom. The van der Waals surface area contributed by atoms with Crippen LogP contribution in [0.15, 0.2) is 135 Å². The minimum absolute atomic E-state index is 0.0449. The number of carbonyl (C=O) groups excluding carboxylic acids is 3. The molecule has 1 aliphatic heterocycles. The molecule has 4 aromatic carbocycles. The number of rotatable bonds is 8. The van der Waals surface area contributed by atoms with E-state index in [0.29, 0.717) is 21.2 Å². The summed E-state index contributed by atoms with van der Waals surface area (Å²) in [5.74, 6) is -0.734. The Labute approximate surface area is 228 Å². The molecule has 188 valence electrons. The zero-order valence-electron chi connectivity index (χ0n) is 20.1.